The average Bonchev–Trinajstić information content (AvgIpc) is 3.05. The largest absolute Gasteiger partial charge is 0.340 e. The van der Waals surface area contributed by atoms with Crippen LogP contribution in [0.2, 0.25) is 0 Å². The van der Waals surface area contributed by atoms with Crippen molar-refractivity contribution in [2.45, 2.75) is 40.0 Å². The van der Waals surface area contributed by atoms with Gasteiger partial charge in [0, 0.05) is 24.9 Å². The molecule has 1 N–H and O–H groups in total. The lowest BCUT2D eigenvalue weighted by molar-refractivity contribution is -0.134. The number of rotatable bonds is 4. The highest BCUT2D eigenvalue weighted by molar-refractivity contribution is 5.95. The van der Waals surface area contributed by atoms with Crippen molar-refractivity contribution in [1.29, 1.82) is 0 Å². The van der Waals surface area contributed by atoms with E-state index in [1.807, 2.05) is 18.2 Å². The van der Waals surface area contributed by atoms with Gasteiger partial charge in [0.25, 0.3) is 5.91 Å². The number of para-hydroxylation sites is 1. The number of nitrogens with one attached hydrogen (secondary N) is 1. The molecule has 23 heavy (non-hydrogen) atoms. The number of aryl methyl sites for hydroxylation is 2. The summed E-state index contributed by atoms with van der Waals surface area (Å²) in [6.45, 7) is 7.07. The van der Waals surface area contributed by atoms with Crippen LogP contribution in [0, 0.1) is 0 Å². The van der Waals surface area contributed by atoms with Crippen molar-refractivity contribution in [3.05, 3.63) is 41.5 Å². The van der Waals surface area contributed by atoms with Crippen molar-refractivity contribution in [3.8, 4) is 0 Å². The molecule has 1 aromatic carbocycles. The van der Waals surface area contributed by atoms with E-state index in [2.05, 4.69) is 19.2 Å². The first-order valence-electron chi connectivity index (χ1n) is 8.25. The molecule has 0 bridgehead atoms. The Bertz CT molecular complexity index is 588. The third-order valence-electron chi connectivity index (χ3n) is 4.06. The fourth-order valence-electron chi connectivity index (χ4n) is 2.86. The van der Waals surface area contributed by atoms with Gasteiger partial charge in [-0.15, -0.1) is 0 Å². The van der Waals surface area contributed by atoms with Gasteiger partial charge >= 0.3 is 6.03 Å². The summed E-state index contributed by atoms with van der Waals surface area (Å²) in [5.41, 5.74) is 3.11. The van der Waals surface area contributed by atoms with Gasteiger partial charge in [-0.05, 0) is 37.3 Å². The second-order valence-corrected chi connectivity index (χ2v) is 5.53. The number of nitrogens with zero attached hydrogens (tertiary/aromatic N) is 2. The van der Waals surface area contributed by atoms with Gasteiger partial charge < -0.3 is 5.32 Å². The molecule has 1 aliphatic heterocycles. The normalized spacial score (nSPS) is 14.6. The summed E-state index contributed by atoms with van der Waals surface area (Å²) in [7, 11) is 0. The van der Waals surface area contributed by atoms with Crippen LogP contribution in [0.3, 0.4) is 0 Å². The Morgan fingerprint density at radius 3 is 2.30 bits per heavy atom. The quantitative estimate of drug-likeness (QED) is 0.866. The maximum Gasteiger partial charge on any atom is 0.340 e. The van der Waals surface area contributed by atoms with Crippen LogP contribution < -0.4 is 5.32 Å². The van der Waals surface area contributed by atoms with Crippen LogP contribution in [0.25, 0.3) is 0 Å². The monoisotopic (exact) mass is 315 g/mol. The Hall–Kier alpha value is -2.30. The van der Waals surface area contributed by atoms with Crippen molar-refractivity contribution in [2.75, 3.05) is 18.4 Å². The molecular formula is C18H25N3O2. The van der Waals surface area contributed by atoms with E-state index >= 15 is 0 Å². The SMILES string of the molecule is C/C=C/C(=O)N1CCCN1C(=O)Nc1c(CC)cccc1CC. The zero-order valence-electron chi connectivity index (χ0n) is 14.1. The molecule has 3 amide bonds. The molecule has 1 saturated heterocycles. The number of hydrogen-bond acceptors (Lipinski definition) is 2. The van der Waals surface area contributed by atoms with Gasteiger partial charge in [0.05, 0.1) is 0 Å². The molecule has 1 heterocycles. The van der Waals surface area contributed by atoms with Crippen LogP contribution in [0.4, 0.5) is 10.5 Å². The lowest BCUT2D eigenvalue weighted by atomic mass is 10.0. The predicted molar refractivity (Wildman–Crippen MR) is 92.1 cm³/mol. The van der Waals surface area contributed by atoms with Gasteiger partial charge in [0.1, 0.15) is 0 Å². The van der Waals surface area contributed by atoms with Crippen molar-refractivity contribution in [1.82, 2.24) is 10.0 Å². The smallest absolute Gasteiger partial charge is 0.306 e. The van der Waals surface area contributed by atoms with E-state index in [1.54, 1.807) is 13.0 Å². The molecule has 0 unspecified atom stereocenters. The number of hydrazine groups is 1. The molecule has 124 valence electrons. The zero-order chi connectivity index (χ0) is 16.8. The van der Waals surface area contributed by atoms with Crippen LogP contribution in [0.5, 0.6) is 0 Å². The first-order valence-corrected chi connectivity index (χ1v) is 8.25. The summed E-state index contributed by atoms with van der Waals surface area (Å²) < 4.78 is 0. The number of benzene rings is 1. The van der Waals surface area contributed by atoms with Gasteiger partial charge in [-0.1, -0.05) is 38.1 Å². The third kappa shape index (κ3) is 3.73. The van der Waals surface area contributed by atoms with Crippen LogP contribution in [0.15, 0.2) is 30.4 Å². The molecule has 5 heteroatoms. The van der Waals surface area contributed by atoms with Crippen molar-refractivity contribution in [2.24, 2.45) is 0 Å². The van der Waals surface area contributed by atoms with E-state index < -0.39 is 0 Å². The van der Waals surface area contributed by atoms with Gasteiger partial charge in [0.2, 0.25) is 0 Å². The first-order chi connectivity index (χ1) is 11.1. The highest BCUT2D eigenvalue weighted by atomic mass is 16.2. The van der Waals surface area contributed by atoms with Gasteiger partial charge in [-0.3, -0.25) is 4.79 Å². The minimum Gasteiger partial charge on any atom is -0.306 e. The van der Waals surface area contributed by atoms with E-state index in [9.17, 15) is 9.59 Å². The van der Waals surface area contributed by atoms with Crippen LogP contribution in [-0.4, -0.2) is 35.0 Å². The molecule has 0 aliphatic carbocycles. The van der Waals surface area contributed by atoms with E-state index in [0.29, 0.717) is 13.1 Å². The Labute approximate surface area is 137 Å². The maximum absolute atomic E-state index is 12.7. The third-order valence-corrected chi connectivity index (χ3v) is 4.06. The summed E-state index contributed by atoms with van der Waals surface area (Å²) in [6, 6.07) is 5.84. The minimum atomic E-state index is -0.240. The van der Waals surface area contributed by atoms with E-state index in [4.69, 9.17) is 0 Å². The Kier molecular flexibility index (Phi) is 5.79. The average molecular weight is 315 g/mol. The molecule has 1 aliphatic rings. The zero-order valence-corrected chi connectivity index (χ0v) is 14.1. The van der Waals surface area contributed by atoms with Gasteiger partial charge in [-0.2, -0.15) is 0 Å². The van der Waals surface area contributed by atoms with Gasteiger partial charge in [0.15, 0.2) is 0 Å². The first kappa shape index (κ1) is 17.1. The molecule has 0 spiro atoms. The number of hydrogen-bond donors (Lipinski definition) is 1. The lowest BCUT2D eigenvalue weighted by Gasteiger charge is -2.28. The Balaban J connectivity index is 2.20. The molecule has 0 aromatic heterocycles. The molecular weight excluding hydrogens is 290 g/mol. The highest BCUT2D eigenvalue weighted by Crippen LogP contribution is 2.24. The topological polar surface area (TPSA) is 52.7 Å². The Morgan fingerprint density at radius 2 is 1.74 bits per heavy atom. The number of amides is 3. The summed E-state index contributed by atoms with van der Waals surface area (Å²) in [5.74, 6) is -0.153. The lowest BCUT2D eigenvalue weighted by Crippen LogP contribution is -2.46. The van der Waals surface area contributed by atoms with E-state index in [-0.39, 0.29) is 11.9 Å². The van der Waals surface area contributed by atoms with Gasteiger partial charge in [-0.25, -0.2) is 14.8 Å². The van der Waals surface area contributed by atoms with E-state index in [1.165, 1.54) is 16.1 Å². The number of urea groups is 1. The second kappa shape index (κ2) is 7.81. The number of anilines is 1. The number of carbonyl (C=O) groups excluding carboxylic acids is 2. The molecule has 5 nitrogen and oxygen atoms in total. The summed E-state index contributed by atoms with van der Waals surface area (Å²) in [4.78, 5) is 24.7. The maximum atomic E-state index is 12.7. The molecule has 1 aromatic rings. The Morgan fingerprint density at radius 1 is 1.13 bits per heavy atom. The van der Waals surface area contributed by atoms with Crippen molar-refractivity contribution in [3.63, 3.8) is 0 Å². The van der Waals surface area contributed by atoms with Crippen molar-refractivity contribution >= 4 is 17.6 Å². The molecule has 0 radical (unpaired) electrons. The summed E-state index contributed by atoms with van der Waals surface area (Å²) in [5, 5.41) is 6.04. The fraction of sp³-hybridized carbons (Fsp3) is 0.444. The number of carbonyl (C=O) groups is 2. The predicted octanol–water partition coefficient (Wildman–Crippen LogP) is 3.37. The molecule has 0 saturated carbocycles. The van der Waals surface area contributed by atoms with Crippen LogP contribution in [-0.2, 0) is 17.6 Å². The second-order valence-electron chi connectivity index (χ2n) is 5.53. The summed E-state index contributed by atoms with van der Waals surface area (Å²) in [6.07, 6.45) is 5.68. The molecule has 2 rings (SSSR count). The minimum absolute atomic E-state index is 0.153. The highest BCUT2D eigenvalue weighted by Gasteiger charge is 2.30. The summed E-state index contributed by atoms with van der Waals surface area (Å²) >= 11 is 0. The standard InChI is InChI=1S/C18H25N3O2/c1-4-9-16(22)20-12-8-13-21(20)18(23)19-17-14(5-2)10-7-11-15(17)6-3/h4,7,9-11H,5-6,8,12-13H2,1-3H3,(H,19,23)/b9-4+. The van der Waals surface area contributed by atoms with Crippen molar-refractivity contribution < 1.29 is 9.59 Å². The van der Waals surface area contributed by atoms with Crippen LogP contribution in [0.1, 0.15) is 38.3 Å². The van der Waals surface area contributed by atoms with E-state index in [0.717, 1.165) is 36.1 Å². The van der Waals surface area contributed by atoms with Crippen LogP contribution >= 0.6 is 0 Å². The molecule has 1 fully saturated rings. The molecule has 0 atom stereocenters. The number of allylic oxidation sites excluding steroid dienone is 1. The fourth-order valence-corrected chi connectivity index (χ4v) is 2.86.